The van der Waals surface area contributed by atoms with Gasteiger partial charge in [0.25, 0.3) is 5.91 Å². The number of anilines is 1. The van der Waals surface area contributed by atoms with Crippen molar-refractivity contribution in [3.63, 3.8) is 0 Å². The highest BCUT2D eigenvalue weighted by molar-refractivity contribution is 6.04. The van der Waals surface area contributed by atoms with Gasteiger partial charge in [0.2, 0.25) is 0 Å². The van der Waals surface area contributed by atoms with Crippen molar-refractivity contribution in [2.45, 2.75) is 13.8 Å². The minimum atomic E-state index is -0.201. The van der Waals surface area contributed by atoms with E-state index in [0.29, 0.717) is 11.4 Å². The van der Waals surface area contributed by atoms with Crippen LogP contribution in [0.15, 0.2) is 24.5 Å². The highest BCUT2D eigenvalue weighted by atomic mass is 16.1. The van der Waals surface area contributed by atoms with Crippen molar-refractivity contribution in [1.29, 1.82) is 0 Å². The molecule has 5 nitrogen and oxygen atoms in total. The highest BCUT2D eigenvalue weighted by Crippen LogP contribution is 2.11. The molecule has 0 saturated carbocycles. The summed E-state index contributed by atoms with van der Waals surface area (Å²) in [4.78, 5) is 15.9. The Morgan fingerprint density at radius 2 is 2.25 bits per heavy atom. The maximum Gasteiger partial charge on any atom is 0.260 e. The highest BCUT2D eigenvalue weighted by Gasteiger charge is 2.12. The van der Waals surface area contributed by atoms with Gasteiger partial charge >= 0.3 is 0 Å². The van der Waals surface area contributed by atoms with Crippen molar-refractivity contribution in [3.8, 4) is 0 Å². The molecule has 2 heterocycles. The number of nitrogens with one attached hydrogen (secondary N) is 2. The van der Waals surface area contributed by atoms with Crippen LogP contribution in [0.25, 0.3) is 0 Å². The number of aromatic amines is 1. The van der Waals surface area contributed by atoms with Crippen LogP contribution in [0.2, 0.25) is 0 Å². The lowest BCUT2D eigenvalue weighted by atomic mass is 10.2. The lowest BCUT2D eigenvalue weighted by Crippen LogP contribution is -2.14. The standard InChI is InChI=1S/C11H12N4O/c1-7-4-3-5-12-10(7)14-11(16)9-6-13-15-8(9)2/h3-6H,1-2H3,(H,13,15)(H,12,14,16). The van der Waals surface area contributed by atoms with Gasteiger partial charge in [0.1, 0.15) is 5.82 Å². The van der Waals surface area contributed by atoms with Crippen molar-refractivity contribution in [2.75, 3.05) is 5.32 Å². The van der Waals surface area contributed by atoms with E-state index in [1.807, 2.05) is 19.1 Å². The van der Waals surface area contributed by atoms with Crippen molar-refractivity contribution in [2.24, 2.45) is 0 Å². The van der Waals surface area contributed by atoms with Gasteiger partial charge in [0.05, 0.1) is 11.8 Å². The molecule has 2 rings (SSSR count). The maximum atomic E-state index is 11.8. The van der Waals surface area contributed by atoms with E-state index in [2.05, 4.69) is 20.5 Å². The van der Waals surface area contributed by atoms with Gasteiger partial charge in [-0.05, 0) is 25.5 Å². The van der Waals surface area contributed by atoms with Crippen LogP contribution in [-0.4, -0.2) is 21.1 Å². The third-order valence-corrected chi connectivity index (χ3v) is 2.32. The Hall–Kier alpha value is -2.17. The molecule has 2 aromatic rings. The quantitative estimate of drug-likeness (QED) is 0.802. The number of hydrogen-bond acceptors (Lipinski definition) is 3. The van der Waals surface area contributed by atoms with Gasteiger partial charge in [-0.3, -0.25) is 9.89 Å². The van der Waals surface area contributed by atoms with Gasteiger partial charge in [0.15, 0.2) is 0 Å². The summed E-state index contributed by atoms with van der Waals surface area (Å²) >= 11 is 0. The van der Waals surface area contributed by atoms with Crippen LogP contribution in [0.3, 0.4) is 0 Å². The van der Waals surface area contributed by atoms with Gasteiger partial charge in [-0.15, -0.1) is 0 Å². The van der Waals surface area contributed by atoms with E-state index in [1.165, 1.54) is 6.20 Å². The number of rotatable bonds is 2. The van der Waals surface area contributed by atoms with E-state index in [9.17, 15) is 4.79 Å². The molecular weight excluding hydrogens is 204 g/mol. The van der Waals surface area contributed by atoms with Gasteiger partial charge in [-0.1, -0.05) is 6.07 Å². The number of carbonyl (C=O) groups excluding carboxylic acids is 1. The number of pyridine rings is 1. The van der Waals surface area contributed by atoms with E-state index >= 15 is 0 Å². The molecule has 0 radical (unpaired) electrons. The summed E-state index contributed by atoms with van der Waals surface area (Å²) in [5, 5.41) is 9.26. The second kappa shape index (κ2) is 4.14. The number of amides is 1. The SMILES string of the molecule is Cc1cccnc1NC(=O)c1cn[nH]c1C. The van der Waals surface area contributed by atoms with E-state index in [-0.39, 0.29) is 5.91 Å². The van der Waals surface area contributed by atoms with Gasteiger partial charge < -0.3 is 5.32 Å². The largest absolute Gasteiger partial charge is 0.306 e. The summed E-state index contributed by atoms with van der Waals surface area (Å²) in [6.45, 7) is 3.69. The molecule has 0 fully saturated rings. The van der Waals surface area contributed by atoms with Crippen molar-refractivity contribution >= 4 is 11.7 Å². The predicted molar refractivity (Wildman–Crippen MR) is 60.3 cm³/mol. The molecule has 0 aliphatic heterocycles. The molecule has 0 aliphatic rings. The molecule has 0 aliphatic carbocycles. The first-order valence-corrected chi connectivity index (χ1v) is 4.91. The molecule has 0 spiro atoms. The molecule has 1 amide bonds. The molecule has 16 heavy (non-hydrogen) atoms. The second-order valence-corrected chi connectivity index (χ2v) is 3.53. The molecule has 0 bridgehead atoms. The number of carbonyl (C=O) groups is 1. The Balaban J connectivity index is 2.21. The molecule has 0 atom stereocenters. The van der Waals surface area contributed by atoms with Crippen LogP contribution in [-0.2, 0) is 0 Å². The summed E-state index contributed by atoms with van der Waals surface area (Å²) in [5.41, 5.74) is 2.20. The third-order valence-electron chi connectivity index (χ3n) is 2.32. The van der Waals surface area contributed by atoms with Crippen LogP contribution in [0.1, 0.15) is 21.6 Å². The average molecular weight is 216 g/mol. The minimum absolute atomic E-state index is 0.201. The first-order chi connectivity index (χ1) is 7.68. The van der Waals surface area contributed by atoms with Crippen LogP contribution < -0.4 is 5.32 Å². The fourth-order valence-corrected chi connectivity index (χ4v) is 1.37. The molecular formula is C11H12N4O. The van der Waals surface area contributed by atoms with Crippen molar-refractivity contribution < 1.29 is 4.79 Å². The third kappa shape index (κ3) is 1.93. The van der Waals surface area contributed by atoms with Crippen LogP contribution in [0, 0.1) is 13.8 Å². The lowest BCUT2D eigenvalue weighted by Gasteiger charge is -2.05. The molecule has 5 heteroatoms. The van der Waals surface area contributed by atoms with Gasteiger partial charge in [0, 0.05) is 11.9 Å². The first-order valence-electron chi connectivity index (χ1n) is 4.91. The van der Waals surface area contributed by atoms with Crippen molar-refractivity contribution in [3.05, 3.63) is 41.3 Å². The average Bonchev–Trinajstić information content (AvgIpc) is 2.68. The Morgan fingerprint density at radius 1 is 1.44 bits per heavy atom. The smallest absolute Gasteiger partial charge is 0.260 e. The Morgan fingerprint density at radius 3 is 2.88 bits per heavy atom. The number of hydrogen-bond donors (Lipinski definition) is 2. The summed E-state index contributed by atoms with van der Waals surface area (Å²) in [6.07, 6.45) is 3.15. The molecule has 2 N–H and O–H groups in total. The summed E-state index contributed by atoms with van der Waals surface area (Å²) in [5.74, 6) is 0.376. The number of H-pyrrole nitrogens is 1. The zero-order valence-electron chi connectivity index (χ0n) is 9.11. The zero-order valence-corrected chi connectivity index (χ0v) is 9.11. The van der Waals surface area contributed by atoms with Crippen LogP contribution in [0.5, 0.6) is 0 Å². The number of aromatic nitrogens is 3. The predicted octanol–water partition coefficient (Wildman–Crippen LogP) is 1.67. The molecule has 0 saturated heterocycles. The normalized spacial score (nSPS) is 10.1. The van der Waals surface area contributed by atoms with E-state index in [1.54, 1.807) is 13.1 Å². The Labute approximate surface area is 92.9 Å². The van der Waals surface area contributed by atoms with Gasteiger partial charge in [-0.25, -0.2) is 4.98 Å². The molecule has 82 valence electrons. The fourth-order valence-electron chi connectivity index (χ4n) is 1.37. The Bertz CT molecular complexity index is 518. The number of nitrogens with zero attached hydrogens (tertiary/aromatic N) is 2. The van der Waals surface area contributed by atoms with E-state index < -0.39 is 0 Å². The number of aryl methyl sites for hydroxylation is 2. The zero-order chi connectivity index (χ0) is 11.5. The van der Waals surface area contributed by atoms with Crippen LogP contribution >= 0.6 is 0 Å². The van der Waals surface area contributed by atoms with E-state index in [4.69, 9.17) is 0 Å². The minimum Gasteiger partial charge on any atom is -0.306 e. The monoisotopic (exact) mass is 216 g/mol. The van der Waals surface area contributed by atoms with Gasteiger partial charge in [-0.2, -0.15) is 5.10 Å². The fraction of sp³-hybridized carbons (Fsp3) is 0.182. The summed E-state index contributed by atoms with van der Waals surface area (Å²) in [7, 11) is 0. The van der Waals surface area contributed by atoms with E-state index in [0.717, 1.165) is 11.3 Å². The second-order valence-electron chi connectivity index (χ2n) is 3.53. The van der Waals surface area contributed by atoms with Crippen LogP contribution in [0.4, 0.5) is 5.82 Å². The first kappa shape index (κ1) is 10.4. The Kier molecular flexibility index (Phi) is 2.68. The summed E-state index contributed by atoms with van der Waals surface area (Å²) < 4.78 is 0. The summed E-state index contributed by atoms with van der Waals surface area (Å²) in [6, 6.07) is 3.72. The lowest BCUT2D eigenvalue weighted by molar-refractivity contribution is 0.102. The molecule has 0 unspecified atom stereocenters. The van der Waals surface area contributed by atoms with Crippen molar-refractivity contribution in [1.82, 2.24) is 15.2 Å². The molecule has 0 aromatic carbocycles. The molecule has 2 aromatic heterocycles. The maximum absolute atomic E-state index is 11.8. The topological polar surface area (TPSA) is 70.7 Å².